The Balaban J connectivity index is 1.88. The highest BCUT2D eigenvalue weighted by Crippen LogP contribution is 2.45. The molecule has 2 aliphatic rings. The maximum atomic E-state index is 14.2. The van der Waals surface area contributed by atoms with Gasteiger partial charge in [0, 0.05) is 30.9 Å². The normalized spacial score (nSPS) is 19.6. The van der Waals surface area contributed by atoms with E-state index in [4.69, 9.17) is 4.74 Å². The Bertz CT molecular complexity index is 891. The van der Waals surface area contributed by atoms with Crippen molar-refractivity contribution in [1.82, 2.24) is 4.90 Å². The van der Waals surface area contributed by atoms with Crippen molar-refractivity contribution >= 4 is 22.9 Å². The van der Waals surface area contributed by atoms with Gasteiger partial charge in [-0.05, 0) is 31.0 Å². The minimum absolute atomic E-state index is 0.102. The number of amides is 1. The molecule has 1 fully saturated rings. The Morgan fingerprint density at radius 2 is 1.96 bits per heavy atom. The number of ether oxygens (including phenoxy) is 1. The van der Waals surface area contributed by atoms with Crippen molar-refractivity contribution in [2.24, 2.45) is 0 Å². The number of benzene rings is 2. The van der Waals surface area contributed by atoms with E-state index in [1.165, 1.54) is 13.2 Å². The predicted molar refractivity (Wildman–Crippen MR) is 95.3 cm³/mol. The van der Waals surface area contributed by atoms with Crippen LogP contribution >= 0.6 is 0 Å². The highest BCUT2D eigenvalue weighted by atomic mass is 19.1. The van der Waals surface area contributed by atoms with Crippen LogP contribution in [0.15, 0.2) is 48.2 Å². The van der Waals surface area contributed by atoms with Crippen LogP contribution in [0.3, 0.4) is 0 Å². The second kappa shape index (κ2) is 5.92. The first-order valence-corrected chi connectivity index (χ1v) is 8.33. The number of fused-ring (bicyclic) bond motifs is 1. The van der Waals surface area contributed by atoms with Crippen molar-refractivity contribution < 1.29 is 13.9 Å². The predicted octanol–water partition coefficient (Wildman–Crippen LogP) is 3.95. The monoisotopic (exact) mass is 338 g/mol. The van der Waals surface area contributed by atoms with Crippen molar-refractivity contribution in [3.63, 3.8) is 0 Å². The van der Waals surface area contributed by atoms with Crippen LogP contribution in [0.5, 0.6) is 5.75 Å². The lowest BCUT2D eigenvalue weighted by molar-refractivity contribution is -0.112. The molecule has 5 heteroatoms. The van der Waals surface area contributed by atoms with Gasteiger partial charge in [0.2, 0.25) is 0 Å². The van der Waals surface area contributed by atoms with Gasteiger partial charge in [0.1, 0.15) is 0 Å². The standard InChI is InChI=1S/C20H19FN2O2/c1-22-11-5-8-17(22)19-14-6-3-4-7-16(14)23(20(19)24)13-9-10-18(25-2)15(21)12-13/h3-4,6-7,9-10,12H,5,8,11H2,1-2H3/b19-17-. The molecule has 25 heavy (non-hydrogen) atoms. The molecule has 2 aromatic carbocycles. The Morgan fingerprint density at radius 3 is 2.64 bits per heavy atom. The van der Waals surface area contributed by atoms with Crippen molar-refractivity contribution in [1.29, 1.82) is 0 Å². The molecule has 0 aliphatic carbocycles. The topological polar surface area (TPSA) is 32.8 Å². The molecular weight excluding hydrogens is 319 g/mol. The largest absolute Gasteiger partial charge is 0.494 e. The number of allylic oxidation sites excluding steroid dienone is 1. The van der Waals surface area contributed by atoms with E-state index in [0.29, 0.717) is 5.69 Å². The number of hydrogen-bond acceptors (Lipinski definition) is 3. The second-order valence-corrected chi connectivity index (χ2v) is 6.32. The number of carbonyl (C=O) groups excluding carboxylic acids is 1. The first-order valence-electron chi connectivity index (χ1n) is 8.33. The summed E-state index contributed by atoms with van der Waals surface area (Å²) in [6.07, 6.45) is 1.93. The van der Waals surface area contributed by atoms with Gasteiger partial charge in [-0.15, -0.1) is 0 Å². The molecule has 0 unspecified atom stereocenters. The Hall–Kier alpha value is -2.82. The zero-order valence-electron chi connectivity index (χ0n) is 14.3. The molecule has 0 aromatic heterocycles. The first-order chi connectivity index (χ1) is 12.1. The number of hydrogen-bond donors (Lipinski definition) is 0. The number of anilines is 2. The maximum absolute atomic E-state index is 14.2. The molecule has 1 amide bonds. The van der Waals surface area contributed by atoms with Gasteiger partial charge < -0.3 is 9.64 Å². The molecule has 0 saturated carbocycles. The minimum Gasteiger partial charge on any atom is -0.494 e. The van der Waals surface area contributed by atoms with Gasteiger partial charge in [0.05, 0.1) is 24.1 Å². The molecule has 128 valence electrons. The Morgan fingerprint density at radius 1 is 1.16 bits per heavy atom. The summed E-state index contributed by atoms with van der Waals surface area (Å²) in [7, 11) is 3.44. The van der Waals surface area contributed by atoms with Gasteiger partial charge in [-0.3, -0.25) is 9.69 Å². The van der Waals surface area contributed by atoms with E-state index in [2.05, 4.69) is 4.90 Å². The van der Waals surface area contributed by atoms with Crippen molar-refractivity contribution in [3.8, 4) is 5.75 Å². The molecule has 2 aliphatic heterocycles. The molecule has 0 spiro atoms. The number of rotatable bonds is 2. The van der Waals surface area contributed by atoms with E-state index in [-0.39, 0.29) is 11.7 Å². The van der Waals surface area contributed by atoms with Gasteiger partial charge in [-0.25, -0.2) is 4.39 Å². The highest BCUT2D eigenvalue weighted by molar-refractivity contribution is 6.35. The third-order valence-corrected chi connectivity index (χ3v) is 4.88. The van der Waals surface area contributed by atoms with E-state index in [1.807, 2.05) is 31.3 Å². The summed E-state index contributed by atoms with van der Waals surface area (Å²) in [4.78, 5) is 17.0. The molecule has 4 rings (SSSR count). The van der Waals surface area contributed by atoms with Crippen molar-refractivity contribution in [3.05, 3.63) is 59.5 Å². The fraction of sp³-hybridized carbons (Fsp3) is 0.250. The number of likely N-dealkylation sites (tertiary alicyclic amines) is 1. The number of nitrogens with zero attached hydrogens (tertiary/aromatic N) is 2. The summed E-state index contributed by atoms with van der Waals surface area (Å²) in [5.74, 6) is -0.420. The van der Waals surface area contributed by atoms with Gasteiger partial charge in [-0.1, -0.05) is 18.2 Å². The zero-order valence-corrected chi connectivity index (χ0v) is 14.3. The number of methoxy groups -OCH3 is 1. The zero-order chi connectivity index (χ0) is 17.6. The van der Waals surface area contributed by atoms with Crippen LogP contribution < -0.4 is 9.64 Å². The van der Waals surface area contributed by atoms with Crippen LogP contribution in [0.25, 0.3) is 5.57 Å². The summed E-state index contributed by atoms with van der Waals surface area (Å²) in [5, 5.41) is 0. The number of halogens is 1. The van der Waals surface area contributed by atoms with Crippen LogP contribution in [-0.2, 0) is 4.79 Å². The summed E-state index contributed by atoms with van der Waals surface area (Å²) < 4.78 is 19.2. The summed E-state index contributed by atoms with van der Waals surface area (Å²) in [5.41, 5.74) is 4.00. The highest BCUT2D eigenvalue weighted by Gasteiger charge is 2.37. The van der Waals surface area contributed by atoms with Crippen LogP contribution in [-0.4, -0.2) is 31.5 Å². The van der Waals surface area contributed by atoms with E-state index in [0.717, 1.165) is 41.9 Å². The van der Waals surface area contributed by atoms with Crippen molar-refractivity contribution in [2.45, 2.75) is 12.8 Å². The smallest absolute Gasteiger partial charge is 0.265 e. The Labute approximate surface area is 146 Å². The number of carbonyl (C=O) groups is 1. The molecule has 0 bridgehead atoms. The van der Waals surface area contributed by atoms with Gasteiger partial charge in [-0.2, -0.15) is 0 Å². The van der Waals surface area contributed by atoms with Gasteiger partial charge in [0.25, 0.3) is 5.91 Å². The molecule has 2 heterocycles. The molecule has 2 aromatic rings. The van der Waals surface area contributed by atoms with Crippen LogP contribution in [0.1, 0.15) is 18.4 Å². The van der Waals surface area contributed by atoms with E-state index in [9.17, 15) is 9.18 Å². The second-order valence-electron chi connectivity index (χ2n) is 6.32. The minimum atomic E-state index is -0.482. The fourth-order valence-corrected chi connectivity index (χ4v) is 3.67. The third kappa shape index (κ3) is 2.38. The fourth-order valence-electron chi connectivity index (χ4n) is 3.67. The molecular formula is C20H19FN2O2. The summed E-state index contributed by atoms with van der Waals surface area (Å²) in [6.45, 7) is 0.950. The summed E-state index contributed by atoms with van der Waals surface area (Å²) in [6, 6.07) is 12.3. The third-order valence-electron chi connectivity index (χ3n) is 4.88. The molecule has 1 saturated heterocycles. The van der Waals surface area contributed by atoms with Gasteiger partial charge >= 0.3 is 0 Å². The van der Waals surface area contributed by atoms with E-state index < -0.39 is 5.82 Å². The molecule has 0 atom stereocenters. The Kier molecular flexibility index (Phi) is 3.71. The lowest BCUT2D eigenvalue weighted by Gasteiger charge is -2.19. The van der Waals surface area contributed by atoms with Crippen molar-refractivity contribution in [2.75, 3.05) is 25.6 Å². The summed E-state index contributed by atoms with van der Waals surface area (Å²) >= 11 is 0. The maximum Gasteiger partial charge on any atom is 0.265 e. The molecule has 4 nitrogen and oxygen atoms in total. The van der Waals surface area contributed by atoms with Gasteiger partial charge in [0.15, 0.2) is 11.6 Å². The SMILES string of the molecule is COc1ccc(N2C(=O)/C(=C3/CCCN3C)c3ccccc32)cc1F. The van der Waals surface area contributed by atoms with Crippen LogP contribution in [0, 0.1) is 5.82 Å². The average molecular weight is 338 g/mol. The molecule has 0 radical (unpaired) electrons. The van der Waals surface area contributed by atoms with Crippen LogP contribution in [0.2, 0.25) is 0 Å². The van der Waals surface area contributed by atoms with Crippen LogP contribution in [0.4, 0.5) is 15.8 Å². The molecule has 0 N–H and O–H groups in total. The first kappa shape index (κ1) is 15.7. The lowest BCUT2D eigenvalue weighted by atomic mass is 10.0. The lowest BCUT2D eigenvalue weighted by Crippen LogP contribution is -2.22. The average Bonchev–Trinajstić information content (AvgIpc) is 3.14. The van der Waals surface area contributed by atoms with E-state index >= 15 is 0 Å². The number of para-hydroxylation sites is 1. The van der Waals surface area contributed by atoms with E-state index in [1.54, 1.807) is 17.0 Å². The quantitative estimate of drug-likeness (QED) is 0.777.